The zero-order chi connectivity index (χ0) is 14.9. The number of hydrogen-bond acceptors (Lipinski definition) is 8. The van der Waals surface area contributed by atoms with Crippen LogP contribution in [0, 0.1) is 20.2 Å². The average molecular weight is 317 g/mol. The minimum absolute atomic E-state index is 0.0105. The molecule has 2 N–H and O–H groups in total. The second-order valence-corrected chi connectivity index (χ2v) is 4.80. The maximum Gasteiger partial charge on any atom is 0.433 e. The first kappa shape index (κ1) is 14.0. The summed E-state index contributed by atoms with van der Waals surface area (Å²) in [5.41, 5.74) is 5.28. The zero-order valence-corrected chi connectivity index (χ0v) is 11.1. The standard InChI is InChI=1S/C9H5ClN4O5S/c10-5(3-4-1-2-6(19-4)13(15)16)7-8(14(17)18)20-9(11)12-7/h1-3H,(H2,11,12). The minimum atomic E-state index is -0.714. The Labute approximate surface area is 119 Å². The van der Waals surface area contributed by atoms with Crippen molar-refractivity contribution in [3.8, 4) is 0 Å². The Morgan fingerprint density at radius 2 is 2.10 bits per heavy atom. The quantitative estimate of drug-likeness (QED) is 0.675. The predicted octanol–water partition coefficient (Wildman–Crippen LogP) is 2.87. The monoisotopic (exact) mass is 316 g/mol. The van der Waals surface area contributed by atoms with E-state index in [0.717, 1.165) is 6.07 Å². The Morgan fingerprint density at radius 3 is 2.65 bits per heavy atom. The third-order valence-corrected chi connectivity index (χ3v) is 3.20. The summed E-state index contributed by atoms with van der Waals surface area (Å²) in [6, 6.07) is 2.45. The Hall–Kier alpha value is -2.46. The second kappa shape index (κ2) is 5.27. The van der Waals surface area contributed by atoms with Gasteiger partial charge in [-0.25, -0.2) is 4.98 Å². The zero-order valence-electron chi connectivity index (χ0n) is 9.48. The van der Waals surface area contributed by atoms with Gasteiger partial charge < -0.3 is 10.2 Å². The van der Waals surface area contributed by atoms with Gasteiger partial charge in [0.2, 0.25) is 0 Å². The van der Waals surface area contributed by atoms with Gasteiger partial charge >= 0.3 is 10.9 Å². The molecule has 2 aromatic rings. The smallest absolute Gasteiger partial charge is 0.401 e. The number of hydrogen-bond donors (Lipinski definition) is 1. The Kier molecular flexibility index (Phi) is 3.68. The van der Waals surface area contributed by atoms with Crippen molar-refractivity contribution >= 4 is 50.1 Å². The van der Waals surface area contributed by atoms with E-state index in [-0.39, 0.29) is 26.6 Å². The molecule has 0 radical (unpaired) electrons. The van der Waals surface area contributed by atoms with E-state index in [1.165, 1.54) is 12.1 Å². The van der Waals surface area contributed by atoms with Crippen molar-refractivity contribution < 1.29 is 14.3 Å². The predicted molar refractivity (Wildman–Crippen MR) is 72.3 cm³/mol. The Balaban J connectivity index is 2.39. The van der Waals surface area contributed by atoms with Gasteiger partial charge in [0.1, 0.15) is 10.7 Å². The summed E-state index contributed by atoms with van der Waals surface area (Å²) in [5.74, 6) is -0.393. The summed E-state index contributed by atoms with van der Waals surface area (Å²) >= 11 is 6.58. The summed E-state index contributed by atoms with van der Waals surface area (Å²) in [4.78, 5) is 23.6. The second-order valence-electron chi connectivity index (χ2n) is 3.39. The number of nitrogens with two attached hydrogens (primary N) is 1. The maximum atomic E-state index is 10.8. The molecule has 2 rings (SSSR count). The van der Waals surface area contributed by atoms with E-state index in [1.54, 1.807) is 0 Å². The Morgan fingerprint density at radius 1 is 1.40 bits per heavy atom. The lowest BCUT2D eigenvalue weighted by Crippen LogP contribution is -1.89. The lowest BCUT2D eigenvalue weighted by molar-refractivity contribution is -0.402. The third-order valence-electron chi connectivity index (χ3n) is 2.08. The van der Waals surface area contributed by atoms with Crippen molar-refractivity contribution in [3.63, 3.8) is 0 Å². The van der Waals surface area contributed by atoms with E-state index < -0.39 is 15.7 Å². The van der Waals surface area contributed by atoms with Gasteiger partial charge in [0.25, 0.3) is 0 Å². The molecule has 20 heavy (non-hydrogen) atoms. The van der Waals surface area contributed by atoms with Crippen LogP contribution in [0.1, 0.15) is 11.5 Å². The average Bonchev–Trinajstić information content (AvgIpc) is 2.95. The van der Waals surface area contributed by atoms with E-state index in [2.05, 4.69) is 4.98 Å². The Bertz CT molecular complexity index is 722. The fourth-order valence-corrected chi connectivity index (χ4v) is 2.28. The molecule has 0 bridgehead atoms. The molecule has 0 aliphatic rings. The van der Waals surface area contributed by atoms with Crippen LogP contribution >= 0.6 is 22.9 Å². The van der Waals surface area contributed by atoms with E-state index in [4.69, 9.17) is 21.8 Å². The number of thiazole rings is 1. The number of rotatable bonds is 4. The van der Waals surface area contributed by atoms with Gasteiger partial charge in [0.15, 0.2) is 10.8 Å². The number of anilines is 1. The molecule has 104 valence electrons. The molecule has 0 unspecified atom stereocenters. The van der Waals surface area contributed by atoms with E-state index in [9.17, 15) is 20.2 Å². The number of nitrogen functional groups attached to an aromatic ring is 1. The molecule has 0 aliphatic heterocycles. The van der Waals surface area contributed by atoms with Crippen molar-refractivity contribution in [1.29, 1.82) is 0 Å². The van der Waals surface area contributed by atoms with Gasteiger partial charge in [-0.2, -0.15) is 0 Å². The van der Waals surface area contributed by atoms with Gasteiger partial charge in [-0.15, -0.1) is 0 Å². The van der Waals surface area contributed by atoms with Crippen LogP contribution in [0.3, 0.4) is 0 Å². The molecule has 0 fully saturated rings. The van der Waals surface area contributed by atoms with Gasteiger partial charge in [0.05, 0.1) is 16.0 Å². The number of furan rings is 1. The number of halogens is 1. The van der Waals surface area contributed by atoms with E-state index >= 15 is 0 Å². The molecule has 0 aromatic carbocycles. The fraction of sp³-hybridized carbons (Fsp3) is 0. The van der Waals surface area contributed by atoms with Crippen molar-refractivity contribution in [2.24, 2.45) is 0 Å². The van der Waals surface area contributed by atoms with Crippen molar-refractivity contribution in [1.82, 2.24) is 4.98 Å². The fourth-order valence-electron chi connectivity index (χ4n) is 1.32. The topological polar surface area (TPSA) is 138 Å². The molecule has 0 saturated carbocycles. The highest BCUT2D eigenvalue weighted by atomic mass is 35.5. The molecule has 0 aliphatic carbocycles. The van der Waals surface area contributed by atoms with Crippen LogP contribution in [0.15, 0.2) is 16.5 Å². The molecule has 0 atom stereocenters. The van der Waals surface area contributed by atoms with E-state index in [0.29, 0.717) is 11.3 Å². The third kappa shape index (κ3) is 2.75. The van der Waals surface area contributed by atoms with E-state index in [1.807, 2.05) is 0 Å². The molecule has 0 spiro atoms. The number of nitrogens with zero attached hydrogens (tertiary/aromatic N) is 3. The minimum Gasteiger partial charge on any atom is -0.401 e. The van der Waals surface area contributed by atoms with Crippen LogP contribution in [-0.2, 0) is 0 Å². The van der Waals surface area contributed by atoms with Gasteiger partial charge in [-0.1, -0.05) is 11.6 Å². The van der Waals surface area contributed by atoms with Crippen LogP contribution in [0.2, 0.25) is 0 Å². The van der Waals surface area contributed by atoms with Crippen LogP contribution in [0.4, 0.5) is 16.0 Å². The largest absolute Gasteiger partial charge is 0.433 e. The van der Waals surface area contributed by atoms with Crippen molar-refractivity contribution in [2.75, 3.05) is 5.73 Å². The van der Waals surface area contributed by atoms with Gasteiger partial charge in [0, 0.05) is 6.08 Å². The lowest BCUT2D eigenvalue weighted by Gasteiger charge is -1.92. The summed E-state index contributed by atoms with van der Waals surface area (Å²) in [6.07, 6.45) is 1.19. The van der Waals surface area contributed by atoms with Crippen LogP contribution in [0.5, 0.6) is 0 Å². The molecule has 0 amide bonds. The molecule has 0 saturated heterocycles. The molecule has 2 aromatic heterocycles. The molecule has 2 heterocycles. The molecular weight excluding hydrogens is 312 g/mol. The first-order chi connectivity index (χ1) is 9.38. The first-order valence-corrected chi connectivity index (χ1v) is 6.10. The number of nitro groups is 2. The first-order valence-electron chi connectivity index (χ1n) is 4.91. The van der Waals surface area contributed by atoms with Crippen LogP contribution < -0.4 is 5.73 Å². The maximum absolute atomic E-state index is 10.8. The van der Waals surface area contributed by atoms with Gasteiger partial charge in [-0.05, 0) is 17.4 Å². The lowest BCUT2D eigenvalue weighted by atomic mass is 10.3. The van der Waals surface area contributed by atoms with Crippen molar-refractivity contribution in [3.05, 3.63) is 43.8 Å². The van der Waals surface area contributed by atoms with Crippen molar-refractivity contribution in [2.45, 2.75) is 0 Å². The normalized spacial score (nSPS) is 11.6. The highest BCUT2D eigenvalue weighted by Crippen LogP contribution is 2.36. The highest BCUT2D eigenvalue weighted by molar-refractivity contribution is 7.18. The summed E-state index contributed by atoms with van der Waals surface area (Å²) < 4.78 is 4.86. The SMILES string of the molecule is Nc1nc(C(Cl)=Cc2ccc([N+](=O)[O-])o2)c([N+](=O)[O-])s1. The highest BCUT2D eigenvalue weighted by Gasteiger charge is 2.23. The number of aromatic nitrogens is 1. The summed E-state index contributed by atoms with van der Waals surface area (Å²) in [6.45, 7) is 0. The van der Waals surface area contributed by atoms with Gasteiger partial charge in [-0.3, -0.25) is 20.2 Å². The molecule has 11 heteroatoms. The van der Waals surface area contributed by atoms with Crippen LogP contribution in [0.25, 0.3) is 11.1 Å². The summed E-state index contributed by atoms with van der Waals surface area (Å²) in [7, 11) is 0. The molecular formula is C9H5ClN4O5S. The summed E-state index contributed by atoms with van der Waals surface area (Å²) in [5, 5.41) is 20.8. The molecule has 9 nitrogen and oxygen atoms in total. The van der Waals surface area contributed by atoms with Crippen LogP contribution in [-0.4, -0.2) is 14.8 Å².